The van der Waals surface area contributed by atoms with Gasteiger partial charge in [-0.2, -0.15) is 5.10 Å². The van der Waals surface area contributed by atoms with Crippen molar-refractivity contribution in [1.29, 1.82) is 0 Å². The minimum atomic E-state index is -0.241. The molecule has 0 spiro atoms. The Morgan fingerprint density at radius 2 is 1.88 bits per heavy atom. The fourth-order valence-electron chi connectivity index (χ4n) is 4.35. The second-order valence-electron chi connectivity index (χ2n) is 8.51. The smallest absolute Gasteiger partial charge is 0.257 e. The molecule has 0 unspecified atom stereocenters. The van der Waals surface area contributed by atoms with Crippen molar-refractivity contribution < 1.29 is 13.7 Å². The molecule has 0 aliphatic carbocycles. The highest BCUT2D eigenvalue weighted by atomic mass is 35.5. The molecule has 3 aromatic rings. The van der Waals surface area contributed by atoms with Gasteiger partial charge in [0, 0.05) is 50.2 Å². The number of aryl methyl sites for hydroxylation is 1. The lowest BCUT2D eigenvalue weighted by atomic mass is 10.0. The van der Waals surface area contributed by atoms with Gasteiger partial charge in [-0.3, -0.25) is 14.6 Å². The average Bonchev–Trinajstić information content (AvgIpc) is 3.56. The molecule has 4 heterocycles. The molecular formula is C24H26ClN5O3. The molecule has 1 amide bonds. The Kier molecular flexibility index (Phi) is 6.30. The molecule has 2 aromatic heterocycles. The maximum absolute atomic E-state index is 13.3. The standard InChI is InChI=1S/C24H26ClN5O3/c1-17-13-20(27-33-17)15-28-8-10-29(11-9-28)16-24(31)30-22(23-3-2-12-32-23)14-21(26-30)18-4-6-19(25)7-5-18/h2-7,12-13,22H,8-11,14-16H2,1H3/t22-/m0/s1. The lowest BCUT2D eigenvalue weighted by Crippen LogP contribution is -2.49. The van der Waals surface area contributed by atoms with E-state index in [0.717, 1.165) is 61.2 Å². The topological polar surface area (TPSA) is 78.3 Å². The molecule has 172 valence electrons. The predicted molar refractivity (Wildman–Crippen MR) is 124 cm³/mol. The maximum atomic E-state index is 13.3. The number of rotatable bonds is 6. The van der Waals surface area contributed by atoms with Crippen LogP contribution in [0.1, 0.15) is 35.2 Å². The van der Waals surface area contributed by atoms with Crippen LogP contribution < -0.4 is 0 Å². The van der Waals surface area contributed by atoms with Gasteiger partial charge in [0.05, 0.1) is 24.2 Å². The molecule has 1 saturated heterocycles. The monoisotopic (exact) mass is 467 g/mol. The number of piperazine rings is 1. The van der Waals surface area contributed by atoms with Crippen LogP contribution in [-0.2, 0) is 11.3 Å². The molecule has 33 heavy (non-hydrogen) atoms. The van der Waals surface area contributed by atoms with Crippen LogP contribution in [-0.4, -0.2) is 64.3 Å². The van der Waals surface area contributed by atoms with Gasteiger partial charge in [-0.25, -0.2) is 5.01 Å². The number of halogens is 1. The normalized spacial score (nSPS) is 19.8. The average molecular weight is 468 g/mol. The Labute approximate surface area is 197 Å². The number of amides is 1. The maximum Gasteiger partial charge on any atom is 0.257 e. The lowest BCUT2D eigenvalue weighted by molar-refractivity contribution is -0.135. The van der Waals surface area contributed by atoms with Gasteiger partial charge in [-0.05, 0) is 36.8 Å². The van der Waals surface area contributed by atoms with Crippen molar-refractivity contribution in [3.8, 4) is 0 Å². The number of nitrogens with zero attached hydrogens (tertiary/aromatic N) is 5. The number of benzene rings is 1. The van der Waals surface area contributed by atoms with Crippen molar-refractivity contribution in [1.82, 2.24) is 20.0 Å². The van der Waals surface area contributed by atoms with Crippen LogP contribution in [0.3, 0.4) is 0 Å². The number of hydrogen-bond acceptors (Lipinski definition) is 7. The van der Waals surface area contributed by atoms with Gasteiger partial charge >= 0.3 is 0 Å². The zero-order chi connectivity index (χ0) is 22.8. The van der Waals surface area contributed by atoms with Gasteiger partial charge in [-0.1, -0.05) is 28.9 Å². The Balaban J connectivity index is 1.23. The fraction of sp³-hybridized carbons (Fsp3) is 0.375. The Morgan fingerprint density at radius 1 is 1.12 bits per heavy atom. The summed E-state index contributed by atoms with van der Waals surface area (Å²) in [5.74, 6) is 1.54. The van der Waals surface area contributed by atoms with Crippen LogP contribution in [0, 0.1) is 6.92 Å². The third-order valence-corrected chi connectivity index (χ3v) is 6.35. The highest BCUT2D eigenvalue weighted by molar-refractivity contribution is 6.30. The summed E-state index contributed by atoms with van der Waals surface area (Å²) in [7, 11) is 0. The first-order chi connectivity index (χ1) is 16.0. The van der Waals surface area contributed by atoms with E-state index in [1.54, 1.807) is 11.3 Å². The summed E-state index contributed by atoms with van der Waals surface area (Å²) in [5, 5.41) is 11.0. The molecule has 1 aromatic carbocycles. The Bertz CT molecular complexity index is 1120. The van der Waals surface area contributed by atoms with E-state index >= 15 is 0 Å². The summed E-state index contributed by atoms with van der Waals surface area (Å²) >= 11 is 6.04. The molecule has 0 radical (unpaired) electrons. The lowest BCUT2D eigenvalue weighted by Gasteiger charge is -2.34. The SMILES string of the molecule is Cc1cc(CN2CCN(CC(=O)N3N=C(c4ccc(Cl)cc4)C[C@H]3c3ccco3)CC2)no1. The van der Waals surface area contributed by atoms with Crippen molar-refractivity contribution in [2.24, 2.45) is 5.10 Å². The number of furan rings is 1. The van der Waals surface area contributed by atoms with Gasteiger partial charge < -0.3 is 8.94 Å². The van der Waals surface area contributed by atoms with Crippen LogP contribution >= 0.6 is 11.6 Å². The second kappa shape index (κ2) is 9.51. The molecule has 8 nitrogen and oxygen atoms in total. The molecule has 1 atom stereocenters. The van der Waals surface area contributed by atoms with Crippen molar-refractivity contribution in [3.63, 3.8) is 0 Å². The van der Waals surface area contributed by atoms with E-state index in [9.17, 15) is 4.79 Å². The molecule has 0 bridgehead atoms. The van der Waals surface area contributed by atoms with E-state index in [-0.39, 0.29) is 11.9 Å². The summed E-state index contributed by atoms with van der Waals surface area (Å²) in [6.45, 7) is 6.37. The van der Waals surface area contributed by atoms with Crippen molar-refractivity contribution in [3.05, 3.63) is 76.5 Å². The summed E-state index contributed by atoms with van der Waals surface area (Å²) in [6.07, 6.45) is 2.24. The van der Waals surface area contributed by atoms with Crippen LogP contribution in [0.5, 0.6) is 0 Å². The van der Waals surface area contributed by atoms with Gasteiger partial charge in [0.15, 0.2) is 0 Å². The molecule has 2 aliphatic heterocycles. The largest absolute Gasteiger partial charge is 0.467 e. The molecule has 1 fully saturated rings. The molecule has 9 heteroatoms. The van der Waals surface area contributed by atoms with E-state index in [4.69, 9.17) is 25.6 Å². The first kappa shape index (κ1) is 21.9. The van der Waals surface area contributed by atoms with E-state index in [2.05, 4.69) is 15.0 Å². The first-order valence-corrected chi connectivity index (χ1v) is 11.5. The number of hydrogen-bond donors (Lipinski definition) is 0. The molecule has 5 rings (SSSR count). The summed E-state index contributed by atoms with van der Waals surface area (Å²) in [5.41, 5.74) is 2.76. The van der Waals surface area contributed by atoms with E-state index in [0.29, 0.717) is 18.0 Å². The van der Waals surface area contributed by atoms with Crippen molar-refractivity contribution in [2.45, 2.75) is 25.9 Å². The first-order valence-electron chi connectivity index (χ1n) is 11.1. The van der Waals surface area contributed by atoms with E-state index < -0.39 is 0 Å². The fourth-order valence-corrected chi connectivity index (χ4v) is 4.48. The van der Waals surface area contributed by atoms with Crippen molar-refractivity contribution >= 4 is 23.2 Å². The van der Waals surface area contributed by atoms with Gasteiger partial charge in [-0.15, -0.1) is 0 Å². The third kappa shape index (κ3) is 5.03. The highest BCUT2D eigenvalue weighted by Gasteiger charge is 2.35. The minimum Gasteiger partial charge on any atom is -0.467 e. The zero-order valence-corrected chi connectivity index (χ0v) is 19.2. The van der Waals surface area contributed by atoms with Crippen LogP contribution in [0.4, 0.5) is 0 Å². The third-order valence-electron chi connectivity index (χ3n) is 6.10. The van der Waals surface area contributed by atoms with Gasteiger partial charge in [0.2, 0.25) is 0 Å². The summed E-state index contributed by atoms with van der Waals surface area (Å²) in [6, 6.07) is 13.0. The number of carbonyl (C=O) groups is 1. The summed E-state index contributed by atoms with van der Waals surface area (Å²) < 4.78 is 10.8. The van der Waals surface area contributed by atoms with Crippen LogP contribution in [0.15, 0.2) is 62.8 Å². The number of aromatic nitrogens is 1. The molecular weight excluding hydrogens is 442 g/mol. The number of carbonyl (C=O) groups excluding carboxylic acids is 1. The van der Waals surface area contributed by atoms with Crippen LogP contribution in [0.25, 0.3) is 0 Å². The molecule has 0 saturated carbocycles. The predicted octanol–water partition coefficient (Wildman–Crippen LogP) is 3.72. The Morgan fingerprint density at radius 3 is 2.55 bits per heavy atom. The van der Waals surface area contributed by atoms with Crippen molar-refractivity contribution in [2.75, 3.05) is 32.7 Å². The van der Waals surface area contributed by atoms with Gasteiger partial charge in [0.25, 0.3) is 5.91 Å². The Hall–Kier alpha value is -2.94. The van der Waals surface area contributed by atoms with E-state index in [1.165, 1.54) is 0 Å². The zero-order valence-electron chi connectivity index (χ0n) is 18.5. The quantitative estimate of drug-likeness (QED) is 0.549. The molecule has 2 aliphatic rings. The minimum absolute atomic E-state index is 0.0269. The van der Waals surface area contributed by atoms with Crippen LogP contribution in [0.2, 0.25) is 5.02 Å². The summed E-state index contributed by atoms with van der Waals surface area (Å²) in [4.78, 5) is 17.8. The molecule has 0 N–H and O–H groups in total. The highest BCUT2D eigenvalue weighted by Crippen LogP contribution is 2.33. The second-order valence-corrected chi connectivity index (χ2v) is 8.94. The van der Waals surface area contributed by atoms with E-state index in [1.807, 2.05) is 49.4 Å². The number of hydrazone groups is 1. The van der Waals surface area contributed by atoms with Gasteiger partial charge in [0.1, 0.15) is 17.6 Å².